The molecule has 1 amide bonds. The van der Waals surface area contributed by atoms with E-state index in [1.165, 1.54) is 15.9 Å². The molecule has 7 nitrogen and oxygen atoms in total. The lowest BCUT2D eigenvalue weighted by Gasteiger charge is -2.34. The third kappa shape index (κ3) is 5.81. The van der Waals surface area contributed by atoms with E-state index in [-0.39, 0.29) is 10.5 Å². The van der Waals surface area contributed by atoms with Crippen molar-refractivity contribution in [3.63, 3.8) is 0 Å². The summed E-state index contributed by atoms with van der Waals surface area (Å²) in [6.45, 7) is 9.54. The van der Waals surface area contributed by atoms with E-state index in [4.69, 9.17) is 0 Å². The Morgan fingerprint density at radius 1 is 0.848 bits per heavy atom. The Balaban J connectivity index is 1.42. The average molecular weight is 471 g/mol. The molecule has 1 N–H and O–H groups in total. The first-order valence-corrected chi connectivity index (χ1v) is 13.4. The van der Waals surface area contributed by atoms with Gasteiger partial charge in [0, 0.05) is 51.5 Å². The largest absolute Gasteiger partial charge is 0.322 e. The van der Waals surface area contributed by atoms with Gasteiger partial charge in [0.05, 0.1) is 10.5 Å². The van der Waals surface area contributed by atoms with Crippen molar-refractivity contribution in [2.75, 3.05) is 51.1 Å². The highest BCUT2D eigenvalue weighted by Crippen LogP contribution is 2.24. The van der Waals surface area contributed by atoms with E-state index in [1.807, 2.05) is 24.3 Å². The summed E-state index contributed by atoms with van der Waals surface area (Å²) in [4.78, 5) is 18.0. The maximum atomic E-state index is 13.2. The monoisotopic (exact) mass is 470 g/mol. The summed E-state index contributed by atoms with van der Waals surface area (Å²) >= 11 is 0. The molecule has 0 aliphatic carbocycles. The molecule has 8 heteroatoms. The fourth-order valence-corrected chi connectivity index (χ4v) is 6.24. The molecule has 2 saturated heterocycles. The van der Waals surface area contributed by atoms with Crippen LogP contribution in [-0.4, -0.2) is 74.2 Å². The molecule has 0 unspecified atom stereocenters. The molecule has 2 aliphatic heterocycles. The van der Waals surface area contributed by atoms with Crippen molar-refractivity contribution in [3.8, 4) is 0 Å². The quantitative estimate of drug-likeness (QED) is 0.673. The van der Waals surface area contributed by atoms with Crippen LogP contribution >= 0.6 is 0 Å². The number of anilines is 1. The van der Waals surface area contributed by atoms with Crippen LogP contribution in [0.3, 0.4) is 0 Å². The van der Waals surface area contributed by atoms with Gasteiger partial charge in [-0.1, -0.05) is 37.6 Å². The molecule has 2 fully saturated rings. The second-order valence-corrected chi connectivity index (χ2v) is 10.7. The fourth-order valence-electron chi connectivity index (χ4n) is 4.54. The van der Waals surface area contributed by atoms with Crippen molar-refractivity contribution in [1.29, 1.82) is 0 Å². The second-order valence-electron chi connectivity index (χ2n) is 8.82. The Kier molecular flexibility index (Phi) is 7.80. The summed E-state index contributed by atoms with van der Waals surface area (Å²) in [6.07, 6.45) is 2.75. The third-order valence-corrected chi connectivity index (χ3v) is 8.55. The number of carbonyl (C=O) groups excluding carboxylic acids is 1. The van der Waals surface area contributed by atoms with Crippen LogP contribution in [0.4, 0.5) is 5.69 Å². The first-order chi connectivity index (χ1) is 16.0. The highest BCUT2D eigenvalue weighted by molar-refractivity contribution is 7.89. The number of rotatable bonds is 7. The third-order valence-electron chi connectivity index (χ3n) is 6.59. The minimum absolute atomic E-state index is 0.0761. The molecule has 0 spiro atoms. The number of hydrogen-bond donors (Lipinski definition) is 1. The molecular formula is C25H34N4O3S. The van der Waals surface area contributed by atoms with Crippen LogP contribution in [0.1, 0.15) is 42.1 Å². The number of likely N-dealkylation sites (N-methyl/N-ethyl adjacent to an activating group) is 1. The Morgan fingerprint density at radius 2 is 1.48 bits per heavy atom. The molecule has 2 aliphatic rings. The normalized spacial score (nSPS) is 18.8. The maximum Gasteiger partial charge on any atom is 0.257 e. The van der Waals surface area contributed by atoms with Crippen molar-refractivity contribution < 1.29 is 13.2 Å². The lowest BCUT2D eigenvalue weighted by molar-refractivity contribution is 0.102. The molecular weight excluding hydrogens is 436 g/mol. The molecule has 2 aromatic rings. The molecule has 178 valence electrons. The number of amides is 1. The van der Waals surface area contributed by atoms with Crippen LogP contribution in [0.5, 0.6) is 0 Å². The van der Waals surface area contributed by atoms with Gasteiger partial charge in [-0.05, 0) is 49.2 Å². The molecule has 0 saturated carbocycles. The summed E-state index contributed by atoms with van der Waals surface area (Å²) in [7, 11) is -3.70. The second kappa shape index (κ2) is 10.8. The standard InChI is InChI=1S/C25H34N4O3S/c1-2-27-16-18-28(19-17-27)20-21-10-12-22(13-11-21)26-25(30)23-8-4-5-9-24(23)33(31,32)29-14-6-3-7-15-29/h4-5,8-13H,2-3,6-7,14-20H2,1H3,(H,26,30). The summed E-state index contributed by atoms with van der Waals surface area (Å²) in [6, 6.07) is 14.3. The molecule has 0 radical (unpaired) electrons. The summed E-state index contributed by atoms with van der Waals surface area (Å²) in [5, 5.41) is 2.88. The highest BCUT2D eigenvalue weighted by atomic mass is 32.2. The number of piperazine rings is 1. The summed E-state index contributed by atoms with van der Waals surface area (Å²) in [5.74, 6) is -0.408. The van der Waals surface area contributed by atoms with Gasteiger partial charge in [-0.3, -0.25) is 9.69 Å². The van der Waals surface area contributed by atoms with Crippen molar-refractivity contribution in [1.82, 2.24) is 14.1 Å². The van der Waals surface area contributed by atoms with E-state index in [2.05, 4.69) is 22.0 Å². The van der Waals surface area contributed by atoms with Crippen LogP contribution in [0.25, 0.3) is 0 Å². The van der Waals surface area contributed by atoms with E-state index in [9.17, 15) is 13.2 Å². The topological polar surface area (TPSA) is 73.0 Å². The van der Waals surface area contributed by atoms with Crippen molar-refractivity contribution in [2.45, 2.75) is 37.6 Å². The van der Waals surface area contributed by atoms with Gasteiger partial charge in [-0.2, -0.15) is 4.31 Å². The number of nitrogens with zero attached hydrogens (tertiary/aromatic N) is 3. The zero-order chi connectivity index (χ0) is 23.3. The molecule has 0 aromatic heterocycles. The Hall–Kier alpha value is -2.26. The molecule has 0 bridgehead atoms. The van der Waals surface area contributed by atoms with Crippen molar-refractivity contribution >= 4 is 21.6 Å². The van der Waals surface area contributed by atoms with E-state index in [0.29, 0.717) is 18.8 Å². The highest BCUT2D eigenvalue weighted by Gasteiger charge is 2.29. The smallest absolute Gasteiger partial charge is 0.257 e. The van der Waals surface area contributed by atoms with E-state index >= 15 is 0 Å². The van der Waals surface area contributed by atoms with Gasteiger partial charge in [-0.15, -0.1) is 0 Å². The van der Waals surface area contributed by atoms with Crippen LogP contribution < -0.4 is 5.32 Å². The number of carbonyl (C=O) groups is 1. The SMILES string of the molecule is CCN1CCN(Cc2ccc(NC(=O)c3ccccc3S(=O)(=O)N3CCCCC3)cc2)CC1. The zero-order valence-electron chi connectivity index (χ0n) is 19.4. The van der Waals surface area contributed by atoms with E-state index < -0.39 is 15.9 Å². The first-order valence-electron chi connectivity index (χ1n) is 11.9. The van der Waals surface area contributed by atoms with Gasteiger partial charge in [0.2, 0.25) is 10.0 Å². The van der Waals surface area contributed by atoms with Crippen LogP contribution in [-0.2, 0) is 16.6 Å². The lowest BCUT2D eigenvalue weighted by Crippen LogP contribution is -2.45. The number of hydrogen-bond acceptors (Lipinski definition) is 5. The number of nitrogens with one attached hydrogen (secondary N) is 1. The molecule has 4 rings (SSSR count). The number of benzene rings is 2. The van der Waals surface area contributed by atoms with Gasteiger partial charge < -0.3 is 10.2 Å². The Morgan fingerprint density at radius 3 is 2.15 bits per heavy atom. The molecule has 33 heavy (non-hydrogen) atoms. The van der Waals surface area contributed by atoms with Gasteiger partial charge in [0.25, 0.3) is 5.91 Å². The predicted molar refractivity (Wildman–Crippen MR) is 131 cm³/mol. The van der Waals surface area contributed by atoms with Gasteiger partial charge in [0.15, 0.2) is 0 Å². The number of piperidine rings is 1. The summed E-state index contributed by atoms with van der Waals surface area (Å²) in [5.41, 5.74) is 2.04. The predicted octanol–water partition coefficient (Wildman–Crippen LogP) is 3.25. The van der Waals surface area contributed by atoms with Gasteiger partial charge >= 0.3 is 0 Å². The fraction of sp³-hybridized carbons (Fsp3) is 0.480. The van der Waals surface area contributed by atoms with E-state index in [1.54, 1.807) is 18.2 Å². The minimum Gasteiger partial charge on any atom is -0.322 e. The zero-order valence-corrected chi connectivity index (χ0v) is 20.2. The molecule has 2 heterocycles. The average Bonchev–Trinajstić information content (AvgIpc) is 2.86. The maximum absolute atomic E-state index is 13.2. The summed E-state index contributed by atoms with van der Waals surface area (Å²) < 4.78 is 27.9. The molecule has 0 atom stereocenters. The van der Waals surface area contributed by atoms with Gasteiger partial charge in [0.1, 0.15) is 0 Å². The van der Waals surface area contributed by atoms with E-state index in [0.717, 1.165) is 58.5 Å². The van der Waals surface area contributed by atoms with Crippen molar-refractivity contribution in [3.05, 3.63) is 59.7 Å². The Bertz CT molecular complexity index is 1040. The minimum atomic E-state index is -3.70. The van der Waals surface area contributed by atoms with Crippen molar-refractivity contribution in [2.24, 2.45) is 0 Å². The van der Waals surface area contributed by atoms with Gasteiger partial charge in [-0.25, -0.2) is 8.42 Å². The first kappa shape index (κ1) is 23.9. The molecule has 2 aromatic carbocycles. The Labute approximate surface area is 197 Å². The van der Waals surface area contributed by atoms with Crippen LogP contribution in [0, 0.1) is 0 Å². The lowest BCUT2D eigenvalue weighted by atomic mass is 10.1. The van der Waals surface area contributed by atoms with Crippen LogP contribution in [0.15, 0.2) is 53.4 Å². The van der Waals surface area contributed by atoms with Crippen LogP contribution in [0.2, 0.25) is 0 Å². The number of sulfonamides is 1.